The van der Waals surface area contributed by atoms with Crippen LogP contribution in [0.15, 0.2) is 0 Å². The number of carbonyl (C=O) groups excluding carboxylic acids is 1. The number of nitrogens with one attached hydrogen (secondary N) is 11. The topological polar surface area (TPSA) is 188 Å². The van der Waals surface area contributed by atoms with Crippen molar-refractivity contribution in [3.8, 4) is 0 Å². The van der Waals surface area contributed by atoms with E-state index >= 15 is 0 Å². The average Bonchev–Trinajstić information content (AvgIpc) is 4.10. The minimum Gasteiger partial charge on any atom is -0.379 e. The van der Waals surface area contributed by atoms with E-state index in [2.05, 4.69) is 118 Å². The molecule has 0 aromatic carbocycles. The fourth-order valence-electron chi connectivity index (χ4n) is 6.32. The zero-order valence-electron chi connectivity index (χ0n) is 47.5. The second-order valence-electron chi connectivity index (χ2n) is 17.0. The number of hydrogen-bond acceptors (Lipinski definition) is 14. The van der Waals surface area contributed by atoms with Gasteiger partial charge < -0.3 is 73.9 Å². The molecule has 0 aromatic heterocycles. The second-order valence-corrected chi connectivity index (χ2v) is 17.0. The van der Waals surface area contributed by atoms with Crippen molar-refractivity contribution in [3.63, 3.8) is 0 Å². The number of rotatable bonds is 12. The molecule has 0 bridgehead atoms. The normalized spacial score (nSPS) is 18.1. The zero-order chi connectivity index (χ0) is 51.3. The van der Waals surface area contributed by atoms with E-state index in [9.17, 15) is 4.79 Å². The monoisotopic (exact) mass is 978 g/mol. The molecule has 0 aromatic rings. The van der Waals surface area contributed by atoms with Crippen molar-refractivity contribution < 1.29 is 9.53 Å². The summed E-state index contributed by atoms with van der Waals surface area (Å²) < 4.78 is 5.01. The van der Waals surface area contributed by atoms with Gasteiger partial charge in [-0.15, -0.1) is 0 Å². The first-order chi connectivity index (χ1) is 33.5. The Balaban J connectivity index is -0.000000215. The molecule has 68 heavy (non-hydrogen) atoms. The van der Waals surface area contributed by atoms with Crippen LogP contribution in [-0.4, -0.2) is 189 Å². The Kier molecular flexibility index (Phi) is 89.3. The lowest BCUT2D eigenvalue weighted by Gasteiger charge is -2.21. The molecule has 15 nitrogen and oxygen atoms in total. The molecule has 15 heteroatoms. The summed E-state index contributed by atoms with van der Waals surface area (Å²) in [5.41, 5.74) is 4.50. The molecule has 0 saturated carbocycles. The predicted octanol–water partition coefficient (Wildman–Crippen LogP) is 5.27. The van der Waals surface area contributed by atoms with Crippen LogP contribution < -0.4 is 64.2 Å². The van der Waals surface area contributed by atoms with Gasteiger partial charge in [-0.05, 0) is 163 Å². The number of piperidine rings is 1. The number of morpholine rings is 1. The van der Waals surface area contributed by atoms with Crippen LogP contribution >= 0.6 is 0 Å². The highest BCUT2D eigenvalue weighted by atomic mass is 16.5. The number of ether oxygens (including phenoxy) is 1. The molecule has 0 radical (unpaired) electrons. The van der Waals surface area contributed by atoms with Gasteiger partial charge in [0.05, 0.1) is 13.2 Å². The van der Waals surface area contributed by atoms with E-state index in [4.69, 9.17) is 4.74 Å². The molecule has 7 rings (SSSR count). The van der Waals surface area contributed by atoms with Gasteiger partial charge in [0.2, 0.25) is 5.91 Å². The zero-order valence-corrected chi connectivity index (χ0v) is 47.5. The molecule has 7 aliphatic rings. The summed E-state index contributed by atoms with van der Waals surface area (Å²) in [4.78, 5) is 12.5. The summed E-state index contributed by atoms with van der Waals surface area (Å²) in [5, 5.41) is 35.2. The summed E-state index contributed by atoms with van der Waals surface area (Å²) in [6.45, 7) is 45.5. The van der Waals surface area contributed by atoms with Crippen LogP contribution in [-0.2, 0) is 9.53 Å². The number of hydrogen-bond donors (Lipinski definition) is 12. The van der Waals surface area contributed by atoms with Crippen LogP contribution in [0, 0.1) is 0 Å². The van der Waals surface area contributed by atoms with Gasteiger partial charge in [-0.3, -0.25) is 4.79 Å². The lowest BCUT2D eigenvalue weighted by Crippen LogP contribution is -2.40. The van der Waals surface area contributed by atoms with Gasteiger partial charge >= 0.3 is 0 Å². The molecule has 7 saturated heterocycles. The highest BCUT2D eigenvalue weighted by molar-refractivity contribution is 5.77. The van der Waals surface area contributed by atoms with E-state index in [1.54, 1.807) is 0 Å². The Hall–Kier alpha value is -1.05. The van der Waals surface area contributed by atoms with E-state index in [0.717, 1.165) is 98.0 Å². The van der Waals surface area contributed by atoms with E-state index in [0.29, 0.717) is 0 Å². The molecule has 7 aliphatic heterocycles. The molecule has 416 valence electrons. The Morgan fingerprint density at radius 1 is 0.441 bits per heavy atom. The third-order valence-electron chi connectivity index (χ3n) is 10.4. The van der Waals surface area contributed by atoms with Crippen molar-refractivity contribution >= 4 is 5.91 Å². The molecule has 0 aliphatic carbocycles. The molecule has 1 amide bonds. The van der Waals surface area contributed by atoms with Crippen molar-refractivity contribution in [1.82, 2.24) is 63.4 Å². The van der Waals surface area contributed by atoms with Crippen molar-refractivity contribution in [2.45, 2.75) is 165 Å². The van der Waals surface area contributed by atoms with E-state index < -0.39 is 0 Å². The lowest BCUT2D eigenvalue weighted by atomic mass is 10.2. The molecule has 0 unspecified atom stereocenters. The second kappa shape index (κ2) is 80.1. The number of carbonyl (C=O) groups is 1. The molecule has 7 fully saturated rings. The van der Waals surface area contributed by atoms with Crippen LogP contribution in [0.5, 0.6) is 0 Å². The first-order valence-corrected chi connectivity index (χ1v) is 28.7. The molecular formula is C53H127N13O2. The highest BCUT2D eigenvalue weighted by Gasteiger charge is 2.05. The molecule has 7 heterocycles. The summed E-state index contributed by atoms with van der Waals surface area (Å²) in [6.07, 6.45) is 22.2. The maximum Gasteiger partial charge on any atom is 0.220 e. The van der Waals surface area contributed by atoms with Crippen molar-refractivity contribution in [2.24, 2.45) is 5.73 Å². The Labute approximate surface area is 425 Å². The fourth-order valence-corrected chi connectivity index (χ4v) is 6.32. The fraction of sp³-hybridized carbons (Fsp3) is 0.981. The first-order valence-electron chi connectivity index (χ1n) is 28.7. The number of nitrogens with two attached hydrogens (primary N) is 1. The standard InChI is InChI=1S/C8H19N.C6H13N.C6H15N.C5H12N2.C5H11N.C4H10N2.C4H9NO.C4H7NO.C4H9N.C4H11N.C2H6.CH5N/c1-3-5-7-9-8-6-4-2;1-2-4-6-7-5-3-1;1-3-5-7-6-4-2;1-7-4-2-6-3-5-7;1-2-4-6-5-3-1;1-2-6-4-3-5-1;1-3-6-4-2-5-1;6-4-2-1-3-5-4;1-2-4-5-3-1;1-3-5-4-2;2*1-2/h9H,3-8H2,1-2H3;7H,1-6H2;7H,3-6H2,1-2H3;6H,2-5H2,1H3;6H,1-5H2;5-6H,1-4H2;5H,1-4H2;1-3H2,(H,5,6);5H,1-4H2;5H,3-4H2,1-2H3;1-2H3;2H2,1H3. The molecule has 13 N–H and O–H groups in total. The van der Waals surface area contributed by atoms with Gasteiger partial charge in [0.25, 0.3) is 0 Å². The molecular weight excluding hydrogens is 851 g/mol. The number of nitrogens with zero attached hydrogens (tertiary/aromatic N) is 1. The van der Waals surface area contributed by atoms with Gasteiger partial charge in [-0.1, -0.05) is 87.5 Å². The first kappa shape index (κ1) is 75.9. The highest BCUT2D eigenvalue weighted by Crippen LogP contribution is 2.01. The van der Waals surface area contributed by atoms with E-state index in [1.165, 1.54) is 182 Å². The minimum absolute atomic E-state index is 0.204. The van der Waals surface area contributed by atoms with E-state index in [-0.39, 0.29) is 5.91 Å². The van der Waals surface area contributed by atoms with Crippen LogP contribution in [0.4, 0.5) is 0 Å². The van der Waals surface area contributed by atoms with Crippen LogP contribution in [0.1, 0.15) is 165 Å². The van der Waals surface area contributed by atoms with Crippen LogP contribution in [0.2, 0.25) is 0 Å². The maximum atomic E-state index is 10.1. The summed E-state index contributed by atoms with van der Waals surface area (Å²) in [6, 6.07) is 0. The smallest absolute Gasteiger partial charge is 0.220 e. The quantitative estimate of drug-likeness (QED) is 0.114. The Morgan fingerprint density at radius 2 is 0.794 bits per heavy atom. The summed E-state index contributed by atoms with van der Waals surface area (Å²) >= 11 is 0. The maximum absolute atomic E-state index is 10.1. The number of amides is 1. The molecule has 0 atom stereocenters. The van der Waals surface area contributed by atoms with Crippen LogP contribution in [0.25, 0.3) is 0 Å². The van der Waals surface area contributed by atoms with Gasteiger partial charge in [0.15, 0.2) is 0 Å². The minimum atomic E-state index is 0.204. The Bertz CT molecular complexity index is 677. The third-order valence-corrected chi connectivity index (χ3v) is 10.4. The number of unbranched alkanes of at least 4 members (excludes halogenated alkanes) is 2. The number of piperazine rings is 2. The third kappa shape index (κ3) is 84.9. The summed E-state index contributed by atoms with van der Waals surface area (Å²) in [7, 11) is 3.65. The van der Waals surface area contributed by atoms with Crippen molar-refractivity contribution in [2.75, 3.05) is 178 Å². The van der Waals surface area contributed by atoms with Gasteiger partial charge in [-0.2, -0.15) is 0 Å². The Morgan fingerprint density at radius 3 is 1.01 bits per heavy atom. The number of likely N-dealkylation sites (N-methyl/N-ethyl adjacent to an activating group) is 1. The van der Waals surface area contributed by atoms with Gasteiger partial charge in [0, 0.05) is 78.4 Å². The van der Waals surface area contributed by atoms with Gasteiger partial charge in [-0.25, -0.2) is 0 Å². The predicted molar refractivity (Wildman–Crippen MR) is 304 cm³/mol. The SMILES string of the molecule is C1CCCNCC1.C1CCNC1.C1CCNCC1.C1CNCCN1.C1COCCN1.CC.CCCCNCCCC.CCCNCCC.CCNCC.CN.CN1CCNCC1.O=C1CCCN1. The van der Waals surface area contributed by atoms with Crippen molar-refractivity contribution in [1.29, 1.82) is 0 Å². The van der Waals surface area contributed by atoms with Gasteiger partial charge in [0.1, 0.15) is 0 Å². The van der Waals surface area contributed by atoms with E-state index in [1.807, 2.05) is 13.8 Å². The van der Waals surface area contributed by atoms with Crippen LogP contribution in [0.3, 0.4) is 0 Å². The lowest BCUT2D eigenvalue weighted by molar-refractivity contribution is -0.119. The average molecular weight is 979 g/mol. The largest absolute Gasteiger partial charge is 0.379 e. The summed E-state index contributed by atoms with van der Waals surface area (Å²) in [5.74, 6) is 0.204. The molecule has 0 spiro atoms. The van der Waals surface area contributed by atoms with Crippen molar-refractivity contribution in [3.05, 3.63) is 0 Å².